The minimum atomic E-state index is -0.603. The van der Waals surface area contributed by atoms with Crippen molar-refractivity contribution in [2.75, 3.05) is 52.5 Å². The van der Waals surface area contributed by atoms with Crippen molar-refractivity contribution in [2.45, 2.75) is 13.0 Å². The van der Waals surface area contributed by atoms with E-state index < -0.39 is 6.10 Å². The van der Waals surface area contributed by atoms with Crippen molar-refractivity contribution in [3.8, 4) is 5.75 Å². The number of aliphatic hydroxyl groups excluding tert-OH is 1. The number of hydrogen-bond acceptors (Lipinski definition) is 5. The standard InChI is InChI=1S/C15H25NO4/c1-12(17)15-13(6-5-7-14(15)20-4)16(8-10-18-2)9-11-19-3/h5-7,12,17H,8-11H2,1-4H3. The Hall–Kier alpha value is -1.30. The molecule has 0 aliphatic heterocycles. The van der Waals surface area contributed by atoms with E-state index >= 15 is 0 Å². The zero-order valence-electron chi connectivity index (χ0n) is 12.8. The molecule has 1 unspecified atom stereocenters. The van der Waals surface area contributed by atoms with Crippen LogP contribution in [0.2, 0.25) is 0 Å². The molecule has 0 amide bonds. The molecule has 114 valence electrons. The third-order valence-electron chi connectivity index (χ3n) is 3.15. The van der Waals surface area contributed by atoms with Crippen molar-refractivity contribution >= 4 is 5.69 Å². The number of methoxy groups -OCH3 is 3. The van der Waals surface area contributed by atoms with Gasteiger partial charge in [-0.3, -0.25) is 0 Å². The molecule has 1 aromatic rings. The lowest BCUT2D eigenvalue weighted by atomic mass is 10.1. The summed E-state index contributed by atoms with van der Waals surface area (Å²) < 4.78 is 15.7. The Balaban J connectivity index is 3.09. The first kappa shape index (κ1) is 16.8. The zero-order chi connectivity index (χ0) is 15.0. The van der Waals surface area contributed by atoms with Crippen LogP contribution < -0.4 is 9.64 Å². The fourth-order valence-electron chi connectivity index (χ4n) is 2.16. The van der Waals surface area contributed by atoms with Crippen LogP contribution in [0.4, 0.5) is 5.69 Å². The SMILES string of the molecule is COCCN(CCOC)c1cccc(OC)c1C(C)O. The highest BCUT2D eigenvalue weighted by Crippen LogP contribution is 2.34. The fraction of sp³-hybridized carbons (Fsp3) is 0.600. The molecule has 0 aromatic heterocycles. The Kier molecular flexibility index (Phi) is 7.36. The van der Waals surface area contributed by atoms with E-state index in [-0.39, 0.29) is 0 Å². The normalized spacial score (nSPS) is 12.2. The molecule has 0 saturated heterocycles. The number of hydrogen-bond donors (Lipinski definition) is 1. The monoisotopic (exact) mass is 283 g/mol. The van der Waals surface area contributed by atoms with Crippen LogP contribution >= 0.6 is 0 Å². The molecule has 1 atom stereocenters. The average Bonchev–Trinajstić information content (AvgIpc) is 2.46. The van der Waals surface area contributed by atoms with Gasteiger partial charge in [-0.1, -0.05) is 6.07 Å². The lowest BCUT2D eigenvalue weighted by molar-refractivity contribution is 0.186. The summed E-state index contributed by atoms with van der Waals surface area (Å²) in [6.07, 6.45) is -0.603. The number of ether oxygens (including phenoxy) is 3. The molecule has 0 heterocycles. The van der Waals surface area contributed by atoms with Crippen molar-refractivity contribution in [3.63, 3.8) is 0 Å². The van der Waals surface area contributed by atoms with Gasteiger partial charge in [-0.2, -0.15) is 0 Å². The van der Waals surface area contributed by atoms with E-state index in [0.29, 0.717) is 19.0 Å². The molecule has 0 aliphatic rings. The third-order valence-corrected chi connectivity index (χ3v) is 3.15. The third kappa shape index (κ3) is 4.37. The second-order valence-corrected chi connectivity index (χ2v) is 4.54. The van der Waals surface area contributed by atoms with Crippen LogP contribution in [0.3, 0.4) is 0 Å². The van der Waals surface area contributed by atoms with Gasteiger partial charge in [-0.25, -0.2) is 0 Å². The maximum atomic E-state index is 10.0. The Morgan fingerprint density at radius 1 is 1.10 bits per heavy atom. The van der Waals surface area contributed by atoms with Gasteiger partial charge in [0.2, 0.25) is 0 Å². The molecule has 5 nitrogen and oxygen atoms in total. The van der Waals surface area contributed by atoms with Gasteiger partial charge in [-0.15, -0.1) is 0 Å². The van der Waals surface area contributed by atoms with Crippen molar-refractivity contribution in [1.82, 2.24) is 0 Å². The molecular formula is C15H25NO4. The van der Waals surface area contributed by atoms with Gasteiger partial charge < -0.3 is 24.2 Å². The highest BCUT2D eigenvalue weighted by atomic mass is 16.5. The minimum absolute atomic E-state index is 0.603. The largest absolute Gasteiger partial charge is 0.496 e. The highest BCUT2D eigenvalue weighted by molar-refractivity contribution is 5.60. The van der Waals surface area contributed by atoms with Gasteiger partial charge in [-0.05, 0) is 19.1 Å². The maximum Gasteiger partial charge on any atom is 0.126 e. The molecule has 1 N–H and O–H groups in total. The van der Waals surface area contributed by atoms with Gasteiger partial charge in [0.25, 0.3) is 0 Å². The number of rotatable bonds is 9. The van der Waals surface area contributed by atoms with E-state index in [0.717, 1.165) is 24.3 Å². The molecule has 0 fully saturated rings. The lowest BCUT2D eigenvalue weighted by Crippen LogP contribution is -2.31. The van der Waals surface area contributed by atoms with Crippen molar-refractivity contribution in [3.05, 3.63) is 23.8 Å². The summed E-state index contributed by atoms with van der Waals surface area (Å²) in [6.45, 7) is 4.42. The van der Waals surface area contributed by atoms with E-state index in [1.165, 1.54) is 0 Å². The zero-order valence-corrected chi connectivity index (χ0v) is 12.8. The van der Waals surface area contributed by atoms with Crippen molar-refractivity contribution in [2.24, 2.45) is 0 Å². The summed E-state index contributed by atoms with van der Waals surface area (Å²) in [4.78, 5) is 2.14. The van der Waals surface area contributed by atoms with Crippen molar-refractivity contribution in [1.29, 1.82) is 0 Å². The Bertz CT molecular complexity index is 387. The molecule has 0 aliphatic carbocycles. The number of aliphatic hydroxyl groups is 1. The van der Waals surface area contributed by atoms with Crippen LogP contribution in [0.15, 0.2) is 18.2 Å². The molecule has 0 saturated carbocycles. The van der Waals surface area contributed by atoms with Crippen LogP contribution in [-0.2, 0) is 9.47 Å². The minimum Gasteiger partial charge on any atom is -0.496 e. The summed E-state index contributed by atoms with van der Waals surface area (Å²) in [5, 5.41) is 10.0. The van der Waals surface area contributed by atoms with E-state index in [1.807, 2.05) is 18.2 Å². The van der Waals surface area contributed by atoms with Crippen LogP contribution in [-0.4, -0.2) is 52.7 Å². The Morgan fingerprint density at radius 3 is 2.15 bits per heavy atom. The second kappa shape index (κ2) is 8.79. The number of benzene rings is 1. The van der Waals surface area contributed by atoms with Crippen LogP contribution in [0.25, 0.3) is 0 Å². The summed E-state index contributed by atoms with van der Waals surface area (Å²) in [5.74, 6) is 0.692. The predicted octanol–water partition coefficient (Wildman–Crippen LogP) is 1.85. The molecule has 0 radical (unpaired) electrons. The van der Waals surface area contributed by atoms with E-state index in [1.54, 1.807) is 28.3 Å². The van der Waals surface area contributed by atoms with Crippen molar-refractivity contribution < 1.29 is 19.3 Å². The molecule has 5 heteroatoms. The first-order chi connectivity index (χ1) is 9.65. The smallest absolute Gasteiger partial charge is 0.126 e. The summed E-state index contributed by atoms with van der Waals surface area (Å²) in [7, 11) is 4.96. The van der Waals surface area contributed by atoms with Gasteiger partial charge in [0.15, 0.2) is 0 Å². The first-order valence-corrected chi connectivity index (χ1v) is 6.73. The van der Waals surface area contributed by atoms with E-state index in [2.05, 4.69) is 4.90 Å². The van der Waals surface area contributed by atoms with Crippen LogP contribution in [0.1, 0.15) is 18.6 Å². The van der Waals surface area contributed by atoms with Crippen LogP contribution in [0, 0.1) is 0 Å². The number of anilines is 1. The lowest BCUT2D eigenvalue weighted by Gasteiger charge is -2.28. The molecule has 0 bridgehead atoms. The van der Waals surface area contributed by atoms with E-state index in [4.69, 9.17) is 14.2 Å². The van der Waals surface area contributed by atoms with Gasteiger partial charge in [0.1, 0.15) is 5.75 Å². The Morgan fingerprint density at radius 2 is 1.70 bits per heavy atom. The quantitative estimate of drug-likeness (QED) is 0.749. The predicted molar refractivity (Wildman–Crippen MR) is 79.6 cm³/mol. The summed E-state index contributed by atoms with van der Waals surface area (Å²) in [5.41, 5.74) is 1.75. The first-order valence-electron chi connectivity index (χ1n) is 6.73. The average molecular weight is 283 g/mol. The summed E-state index contributed by atoms with van der Waals surface area (Å²) in [6, 6.07) is 5.76. The second-order valence-electron chi connectivity index (χ2n) is 4.54. The molecule has 0 spiro atoms. The topological polar surface area (TPSA) is 51.2 Å². The fourth-order valence-corrected chi connectivity index (χ4v) is 2.16. The molecule has 1 aromatic carbocycles. The molecule has 20 heavy (non-hydrogen) atoms. The van der Waals surface area contributed by atoms with Gasteiger partial charge in [0.05, 0.1) is 26.4 Å². The van der Waals surface area contributed by atoms with Gasteiger partial charge >= 0.3 is 0 Å². The maximum absolute atomic E-state index is 10.0. The van der Waals surface area contributed by atoms with Gasteiger partial charge in [0, 0.05) is 38.6 Å². The van der Waals surface area contributed by atoms with E-state index in [9.17, 15) is 5.11 Å². The summed E-state index contributed by atoms with van der Waals surface area (Å²) >= 11 is 0. The van der Waals surface area contributed by atoms with Crippen LogP contribution in [0.5, 0.6) is 5.75 Å². The highest BCUT2D eigenvalue weighted by Gasteiger charge is 2.18. The Labute approximate surface area is 121 Å². The number of nitrogens with zero attached hydrogens (tertiary/aromatic N) is 1. The molecule has 1 rings (SSSR count). The molecular weight excluding hydrogens is 258 g/mol.